The van der Waals surface area contributed by atoms with Crippen LogP contribution in [0, 0.1) is 17.8 Å². The molecule has 0 unspecified atom stereocenters. The predicted molar refractivity (Wildman–Crippen MR) is 71.5 cm³/mol. The van der Waals surface area contributed by atoms with Crippen molar-refractivity contribution in [3.8, 4) is 0 Å². The molecule has 3 nitrogen and oxygen atoms in total. The van der Waals surface area contributed by atoms with E-state index >= 15 is 0 Å². The Bertz CT molecular complexity index is 431. The topological polar surface area (TPSA) is 40.5 Å². The second kappa shape index (κ2) is 4.67. The Morgan fingerprint density at radius 1 is 1.56 bits per heavy atom. The first-order chi connectivity index (χ1) is 8.70. The lowest BCUT2D eigenvalue weighted by atomic mass is 9.92. The molecule has 1 amide bonds. The Morgan fingerprint density at radius 3 is 2.89 bits per heavy atom. The minimum atomic E-state index is 0.171. The summed E-state index contributed by atoms with van der Waals surface area (Å²) in [4.78, 5) is 14.2. The summed E-state index contributed by atoms with van der Waals surface area (Å²) >= 11 is 1.68. The van der Waals surface area contributed by atoms with Crippen molar-refractivity contribution in [2.24, 2.45) is 17.8 Å². The summed E-state index contributed by atoms with van der Waals surface area (Å²) in [7, 11) is 0. The number of aliphatic hydroxyl groups excluding tert-OH is 1. The summed E-state index contributed by atoms with van der Waals surface area (Å²) in [6.07, 6.45) is 1.04. The van der Waals surface area contributed by atoms with Crippen LogP contribution in [0.3, 0.4) is 0 Å². The minimum Gasteiger partial charge on any atom is -0.396 e. The fourth-order valence-electron chi connectivity index (χ4n) is 3.00. The Kier molecular flexibility index (Phi) is 3.16. The lowest BCUT2D eigenvalue weighted by Gasteiger charge is -2.16. The second-order valence-electron chi connectivity index (χ2n) is 5.67. The number of carbonyl (C=O) groups is 1. The molecule has 2 fully saturated rings. The quantitative estimate of drug-likeness (QED) is 0.907. The number of aliphatic hydroxyl groups is 1. The minimum absolute atomic E-state index is 0.171. The lowest BCUT2D eigenvalue weighted by molar-refractivity contribution is -0.132. The van der Waals surface area contributed by atoms with Crippen LogP contribution in [0.5, 0.6) is 0 Å². The van der Waals surface area contributed by atoms with E-state index in [1.54, 1.807) is 11.3 Å². The number of nitrogens with zero attached hydrogens (tertiary/aromatic N) is 1. The van der Waals surface area contributed by atoms with Gasteiger partial charge in [0.05, 0.1) is 0 Å². The molecule has 1 saturated carbocycles. The van der Waals surface area contributed by atoms with Gasteiger partial charge in [0.15, 0.2) is 0 Å². The van der Waals surface area contributed by atoms with E-state index in [2.05, 4.69) is 23.8 Å². The smallest absolute Gasteiger partial charge is 0.225 e. The molecule has 98 valence electrons. The molecule has 0 radical (unpaired) electrons. The van der Waals surface area contributed by atoms with E-state index in [1.807, 2.05) is 4.90 Å². The molecule has 1 aliphatic carbocycles. The molecule has 3 rings (SSSR count). The molecule has 4 atom stereocenters. The molecule has 2 heterocycles. The zero-order valence-corrected chi connectivity index (χ0v) is 11.4. The van der Waals surface area contributed by atoms with Crippen LogP contribution in [-0.2, 0) is 4.79 Å². The van der Waals surface area contributed by atoms with E-state index in [0.29, 0.717) is 17.7 Å². The number of likely N-dealkylation sites (tertiary alicyclic amines) is 1. The molecule has 1 saturated heterocycles. The van der Waals surface area contributed by atoms with Crippen LogP contribution in [0.1, 0.15) is 24.8 Å². The summed E-state index contributed by atoms with van der Waals surface area (Å²) in [5.74, 6) is 1.64. The molecule has 4 heteroatoms. The zero-order chi connectivity index (χ0) is 12.7. The molecule has 1 aliphatic heterocycles. The average Bonchev–Trinajstić information content (AvgIpc) is 2.86. The highest BCUT2D eigenvalue weighted by molar-refractivity contribution is 7.07. The van der Waals surface area contributed by atoms with E-state index in [9.17, 15) is 9.90 Å². The second-order valence-corrected chi connectivity index (χ2v) is 6.45. The molecule has 0 aromatic carbocycles. The third kappa shape index (κ3) is 2.08. The van der Waals surface area contributed by atoms with Crippen molar-refractivity contribution in [2.75, 3.05) is 19.7 Å². The van der Waals surface area contributed by atoms with Gasteiger partial charge >= 0.3 is 0 Å². The molecule has 1 aromatic heterocycles. The standard InChI is InChI=1S/C14H19NO2S/c1-9-4-12(9)14(17)15-5-11(7-16)13(6-15)10-2-3-18-8-10/h2-3,8-9,11-13,16H,4-7H2,1H3/t9-,11+,12-,13+/m1/s1. The van der Waals surface area contributed by atoms with Gasteiger partial charge in [-0.3, -0.25) is 4.79 Å². The van der Waals surface area contributed by atoms with Crippen LogP contribution in [-0.4, -0.2) is 35.6 Å². The van der Waals surface area contributed by atoms with Gasteiger partial charge in [-0.1, -0.05) is 6.92 Å². The van der Waals surface area contributed by atoms with Crippen LogP contribution in [0.4, 0.5) is 0 Å². The number of hydrogen-bond acceptors (Lipinski definition) is 3. The maximum Gasteiger partial charge on any atom is 0.225 e. The van der Waals surface area contributed by atoms with Gasteiger partial charge in [0, 0.05) is 37.5 Å². The van der Waals surface area contributed by atoms with Crippen molar-refractivity contribution in [1.82, 2.24) is 4.90 Å². The van der Waals surface area contributed by atoms with Crippen molar-refractivity contribution in [3.05, 3.63) is 22.4 Å². The summed E-state index contributed by atoms with van der Waals surface area (Å²) < 4.78 is 0. The lowest BCUT2D eigenvalue weighted by Crippen LogP contribution is -2.30. The first-order valence-electron chi connectivity index (χ1n) is 6.62. The summed E-state index contributed by atoms with van der Waals surface area (Å²) in [5, 5.41) is 13.7. The summed E-state index contributed by atoms with van der Waals surface area (Å²) in [6.45, 7) is 3.81. The molecule has 0 bridgehead atoms. The highest BCUT2D eigenvalue weighted by Gasteiger charge is 2.45. The number of thiophene rings is 1. The normalized spacial score (nSPS) is 34.9. The van der Waals surface area contributed by atoms with Gasteiger partial charge in [0.25, 0.3) is 0 Å². The van der Waals surface area contributed by atoms with Gasteiger partial charge in [-0.2, -0.15) is 11.3 Å². The van der Waals surface area contributed by atoms with Gasteiger partial charge in [-0.15, -0.1) is 0 Å². The summed E-state index contributed by atoms with van der Waals surface area (Å²) in [5.41, 5.74) is 1.28. The Morgan fingerprint density at radius 2 is 2.33 bits per heavy atom. The van der Waals surface area contributed by atoms with Gasteiger partial charge < -0.3 is 10.0 Å². The highest BCUT2D eigenvalue weighted by Crippen LogP contribution is 2.42. The average molecular weight is 265 g/mol. The van der Waals surface area contributed by atoms with Crippen molar-refractivity contribution >= 4 is 17.2 Å². The van der Waals surface area contributed by atoms with Gasteiger partial charge in [0.1, 0.15) is 0 Å². The molecule has 18 heavy (non-hydrogen) atoms. The van der Waals surface area contributed by atoms with Crippen molar-refractivity contribution in [2.45, 2.75) is 19.3 Å². The Labute approximate surface area is 111 Å². The number of rotatable bonds is 3. The largest absolute Gasteiger partial charge is 0.396 e. The van der Waals surface area contributed by atoms with Crippen LogP contribution in [0.15, 0.2) is 16.8 Å². The van der Waals surface area contributed by atoms with Crippen molar-refractivity contribution in [1.29, 1.82) is 0 Å². The van der Waals surface area contributed by atoms with E-state index in [-0.39, 0.29) is 18.4 Å². The Hall–Kier alpha value is -0.870. The Balaban J connectivity index is 1.72. The maximum absolute atomic E-state index is 12.2. The number of carbonyl (C=O) groups excluding carboxylic acids is 1. The SMILES string of the molecule is C[C@@H]1C[C@H]1C(=O)N1C[C@@H](CO)[C@H](c2ccsc2)C1. The van der Waals surface area contributed by atoms with Gasteiger partial charge in [-0.05, 0) is 34.7 Å². The zero-order valence-electron chi connectivity index (χ0n) is 10.6. The fourth-order valence-corrected chi connectivity index (χ4v) is 3.73. The molecular weight excluding hydrogens is 246 g/mol. The van der Waals surface area contributed by atoms with Gasteiger partial charge in [-0.25, -0.2) is 0 Å². The molecule has 1 aromatic rings. The van der Waals surface area contributed by atoms with E-state index < -0.39 is 0 Å². The van der Waals surface area contributed by atoms with Crippen LogP contribution < -0.4 is 0 Å². The summed E-state index contributed by atoms with van der Waals surface area (Å²) in [6, 6.07) is 2.12. The molecule has 0 spiro atoms. The predicted octanol–water partition coefficient (Wildman–Crippen LogP) is 1.94. The number of hydrogen-bond donors (Lipinski definition) is 1. The molecule has 2 aliphatic rings. The highest BCUT2D eigenvalue weighted by atomic mass is 32.1. The molecular formula is C14H19NO2S. The van der Waals surface area contributed by atoms with Crippen LogP contribution >= 0.6 is 11.3 Å². The van der Waals surface area contributed by atoms with Crippen LogP contribution in [0.2, 0.25) is 0 Å². The third-order valence-electron chi connectivity index (χ3n) is 4.39. The fraction of sp³-hybridized carbons (Fsp3) is 0.643. The van der Waals surface area contributed by atoms with E-state index in [0.717, 1.165) is 19.5 Å². The van der Waals surface area contributed by atoms with E-state index in [1.165, 1.54) is 5.56 Å². The first kappa shape index (κ1) is 12.2. The van der Waals surface area contributed by atoms with Crippen LogP contribution in [0.25, 0.3) is 0 Å². The molecule has 1 N–H and O–H groups in total. The monoisotopic (exact) mass is 265 g/mol. The number of amides is 1. The van der Waals surface area contributed by atoms with E-state index in [4.69, 9.17) is 0 Å². The first-order valence-corrected chi connectivity index (χ1v) is 7.56. The van der Waals surface area contributed by atoms with Gasteiger partial charge in [0.2, 0.25) is 5.91 Å². The third-order valence-corrected chi connectivity index (χ3v) is 5.09. The maximum atomic E-state index is 12.2. The van der Waals surface area contributed by atoms with Crippen molar-refractivity contribution < 1.29 is 9.90 Å². The van der Waals surface area contributed by atoms with Crippen molar-refractivity contribution in [3.63, 3.8) is 0 Å².